The first-order chi connectivity index (χ1) is 8.66. The number of rotatable bonds is 4. The normalized spacial score (nSPS) is 10.3. The highest BCUT2D eigenvalue weighted by Crippen LogP contribution is 2.21. The third-order valence-corrected chi connectivity index (χ3v) is 2.81. The van der Waals surface area contributed by atoms with Crippen LogP contribution < -0.4 is 5.32 Å². The minimum absolute atomic E-state index is 0.0460. The van der Waals surface area contributed by atoms with Crippen LogP contribution in [0, 0.1) is 0 Å². The Balaban J connectivity index is 1.93. The highest BCUT2D eigenvalue weighted by Gasteiger charge is 2.11. The molecule has 0 unspecified atom stereocenters. The monoisotopic (exact) mass is 310 g/mol. The van der Waals surface area contributed by atoms with Crippen molar-refractivity contribution in [3.63, 3.8) is 0 Å². The standard InChI is InChI=1S/C11H11BrN4O2/c12-7-1-2-9(17)8(5-7)11(18)13-4-3-10-14-6-15-16-10/h1-2,5-6,17H,3-4H2,(H,13,18)(H,14,15,16). The molecule has 0 spiro atoms. The van der Waals surface area contributed by atoms with Crippen LogP contribution in [0.5, 0.6) is 5.75 Å². The van der Waals surface area contributed by atoms with Gasteiger partial charge in [-0.15, -0.1) is 0 Å². The van der Waals surface area contributed by atoms with Gasteiger partial charge in [0.05, 0.1) is 5.56 Å². The Morgan fingerprint density at radius 3 is 3.06 bits per heavy atom. The van der Waals surface area contributed by atoms with Gasteiger partial charge in [0.25, 0.3) is 5.91 Å². The molecular weight excluding hydrogens is 300 g/mol. The SMILES string of the molecule is O=C(NCCc1ncn[nH]1)c1cc(Br)ccc1O. The third kappa shape index (κ3) is 3.07. The van der Waals surface area contributed by atoms with Gasteiger partial charge in [-0.3, -0.25) is 9.89 Å². The first-order valence-corrected chi connectivity index (χ1v) is 6.07. The molecule has 6 nitrogen and oxygen atoms in total. The van der Waals surface area contributed by atoms with E-state index >= 15 is 0 Å². The topological polar surface area (TPSA) is 90.9 Å². The number of H-pyrrole nitrogens is 1. The fourth-order valence-corrected chi connectivity index (χ4v) is 1.79. The Morgan fingerprint density at radius 1 is 1.50 bits per heavy atom. The van der Waals surface area contributed by atoms with Crippen molar-refractivity contribution in [2.24, 2.45) is 0 Å². The summed E-state index contributed by atoms with van der Waals surface area (Å²) in [6.45, 7) is 0.417. The lowest BCUT2D eigenvalue weighted by molar-refractivity contribution is 0.0951. The van der Waals surface area contributed by atoms with E-state index in [1.807, 2.05) is 0 Å². The van der Waals surface area contributed by atoms with E-state index in [2.05, 4.69) is 36.4 Å². The van der Waals surface area contributed by atoms with Crippen molar-refractivity contribution in [1.82, 2.24) is 20.5 Å². The molecule has 0 aliphatic heterocycles. The van der Waals surface area contributed by atoms with Crippen molar-refractivity contribution < 1.29 is 9.90 Å². The van der Waals surface area contributed by atoms with Gasteiger partial charge in [-0.05, 0) is 18.2 Å². The van der Waals surface area contributed by atoms with Gasteiger partial charge in [-0.1, -0.05) is 15.9 Å². The van der Waals surface area contributed by atoms with Crippen molar-refractivity contribution in [3.05, 3.63) is 40.4 Å². The van der Waals surface area contributed by atoms with Crippen LogP contribution in [-0.2, 0) is 6.42 Å². The highest BCUT2D eigenvalue weighted by molar-refractivity contribution is 9.10. The predicted molar refractivity (Wildman–Crippen MR) is 68.2 cm³/mol. The summed E-state index contributed by atoms with van der Waals surface area (Å²) in [5.41, 5.74) is 0.238. The minimum atomic E-state index is -0.326. The van der Waals surface area contributed by atoms with Crippen LogP contribution in [0.4, 0.5) is 0 Å². The maximum Gasteiger partial charge on any atom is 0.255 e. The van der Waals surface area contributed by atoms with Crippen molar-refractivity contribution in [3.8, 4) is 5.75 Å². The summed E-state index contributed by atoms with van der Waals surface area (Å²) >= 11 is 3.25. The van der Waals surface area contributed by atoms with Crippen molar-refractivity contribution in [2.45, 2.75) is 6.42 Å². The molecule has 0 saturated carbocycles. The van der Waals surface area contributed by atoms with Crippen LogP contribution in [0.25, 0.3) is 0 Å². The molecule has 2 rings (SSSR count). The fourth-order valence-electron chi connectivity index (χ4n) is 1.43. The molecule has 0 bridgehead atoms. The van der Waals surface area contributed by atoms with Crippen molar-refractivity contribution in [2.75, 3.05) is 6.54 Å². The number of aromatic hydroxyl groups is 1. The van der Waals surface area contributed by atoms with E-state index in [1.54, 1.807) is 12.1 Å². The quantitative estimate of drug-likeness (QED) is 0.792. The number of amides is 1. The Morgan fingerprint density at radius 2 is 2.33 bits per heavy atom. The number of phenolic OH excluding ortho intramolecular Hbond substituents is 1. The Bertz CT molecular complexity index is 542. The Labute approximate surface area is 112 Å². The van der Waals surface area contributed by atoms with Crippen LogP contribution in [0.2, 0.25) is 0 Å². The number of nitrogens with zero attached hydrogens (tertiary/aromatic N) is 2. The lowest BCUT2D eigenvalue weighted by Crippen LogP contribution is -2.26. The Kier molecular flexibility index (Phi) is 3.93. The molecule has 1 aromatic heterocycles. The van der Waals surface area contributed by atoms with Crippen LogP contribution in [0.15, 0.2) is 29.0 Å². The summed E-state index contributed by atoms with van der Waals surface area (Å²) in [6.07, 6.45) is 1.97. The number of hydrogen-bond acceptors (Lipinski definition) is 4. The summed E-state index contributed by atoms with van der Waals surface area (Å²) < 4.78 is 0.737. The second-order valence-corrected chi connectivity index (χ2v) is 4.52. The van der Waals surface area contributed by atoms with Gasteiger partial charge in [-0.2, -0.15) is 5.10 Å². The number of halogens is 1. The summed E-state index contributed by atoms with van der Waals surface area (Å²) in [7, 11) is 0. The van der Waals surface area contributed by atoms with Crippen molar-refractivity contribution >= 4 is 21.8 Å². The lowest BCUT2D eigenvalue weighted by atomic mass is 10.2. The molecule has 0 atom stereocenters. The first-order valence-electron chi connectivity index (χ1n) is 5.28. The second kappa shape index (κ2) is 5.63. The van der Waals surface area contributed by atoms with Gasteiger partial charge < -0.3 is 10.4 Å². The van der Waals surface area contributed by atoms with E-state index in [4.69, 9.17) is 0 Å². The summed E-state index contributed by atoms with van der Waals surface area (Å²) in [4.78, 5) is 15.8. The molecular formula is C11H11BrN4O2. The maximum absolute atomic E-state index is 11.8. The van der Waals surface area contributed by atoms with E-state index < -0.39 is 0 Å². The zero-order valence-electron chi connectivity index (χ0n) is 9.35. The van der Waals surface area contributed by atoms with E-state index in [1.165, 1.54) is 12.4 Å². The summed E-state index contributed by atoms with van der Waals surface area (Å²) in [5, 5.41) is 18.7. The molecule has 1 heterocycles. The largest absolute Gasteiger partial charge is 0.507 e. The molecule has 1 amide bonds. The van der Waals surface area contributed by atoms with Gasteiger partial charge >= 0.3 is 0 Å². The zero-order valence-corrected chi connectivity index (χ0v) is 10.9. The van der Waals surface area contributed by atoms with Crippen LogP contribution in [0.1, 0.15) is 16.2 Å². The van der Waals surface area contributed by atoms with Crippen LogP contribution in [0.3, 0.4) is 0 Å². The van der Waals surface area contributed by atoms with Gasteiger partial charge in [-0.25, -0.2) is 4.98 Å². The van der Waals surface area contributed by atoms with Gasteiger partial charge in [0.2, 0.25) is 0 Å². The minimum Gasteiger partial charge on any atom is -0.507 e. The van der Waals surface area contributed by atoms with Gasteiger partial charge in [0, 0.05) is 17.4 Å². The van der Waals surface area contributed by atoms with E-state index in [0.717, 1.165) is 4.47 Å². The average molecular weight is 311 g/mol. The highest BCUT2D eigenvalue weighted by atomic mass is 79.9. The van der Waals surface area contributed by atoms with Gasteiger partial charge in [0.1, 0.15) is 17.9 Å². The number of aromatic amines is 1. The molecule has 1 aromatic carbocycles. The molecule has 3 N–H and O–H groups in total. The van der Waals surface area contributed by atoms with Crippen molar-refractivity contribution in [1.29, 1.82) is 0 Å². The number of aromatic nitrogens is 3. The first kappa shape index (κ1) is 12.6. The number of carbonyl (C=O) groups excluding carboxylic acids is 1. The Hall–Kier alpha value is -1.89. The maximum atomic E-state index is 11.8. The zero-order chi connectivity index (χ0) is 13.0. The van der Waals surface area contributed by atoms with Crippen LogP contribution >= 0.6 is 15.9 Å². The number of phenols is 1. The molecule has 0 aliphatic carbocycles. The number of carbonyl (C=O) groups is 1. The van der Waals surface area contributed by atoms with E-state index in [9.17, 15) is 9.90 Å². The summed E-state index contributed by atoms with van der Waals surface area (Å²) in [5.74, 6) is 0.331. The third-order valence-electron chi connectivity index (χ3n) is 2.32. The molecule has 0 radical (unpaired) electrons. The second-order valence-electron chi connectivity index (χ2n) is 3.60. The molecule has 0 fully saturated rings. The molecule has 2 aromatic rings. The predicted octanol–water partition coefficient (Wildman–Crippen LogP) is 1.25. The average Bonchev–Trinajstić information content (AvgIpc) is 2.85. The summed E-state index contributed by atoms with van der Waals surface area (Å²) in [6, 6.07) is 4.70. The van der Waals surface area contributed by atoms with Crippen LogP contribution in [-0.4, -0.2) is 32.7 Å². The lowest BCUT2D eigenvalue weighted by Gasteiger charge is -2.06. The smallest absolute Gasteiger partial charge is 0.255 e. The number of nitrogens with one attached hydrogen (secondary N) is 2. The molecule has 0 aliphatic rings. The molecule has 7 heteroatoms. The number of benzene rings is 1. The fraction of sp³-hybridized carbons (Fsp3) is 0.182. The van der Waals surface area contributed by atoms with E-state index in [-0.39, 0.29) is 17.2 Å². The molecule has 18 heavy (non-hydrogen) atoms. The molecule has 0 saturated heterocycles. The molecule has 94 valence electrons. The van der Waals surface area contributed by atoms with Gasteiger partial charge in [0.15, 0.2) is 0 Å². The van der Waals surface area contributed by atoms with E-state index in [0.29, 0.717) is 18.8 Å². The number of hydrogen-bond donors (Lipinski definition) is 3.